The molecule has 0 saturated heterocycles. The van der Waals surface area contributed by atoms with E-state index in [0.717, 1.165) is 11.1 Å². The lowest BCUT2D eigenvalue weighted by molar-refractivity contribution is 0.164. The highest BCUT2D eigenvalue weighted by atomic mass is 35.5. The molecule has 100 valence electrons. The molecule has 0 spiro atoms. The molecule has 0 fully saturated rings. The molecule has 0 amide bonds. The Kier molecular flexibility index (Phi) is 4.53. The fourth-order valence-corrected chi connectivity index (χ4v) is 2.24. The van der Waals surface area contributed by atoms with E-state index in [1.807, 2.05) is 12.1 Å². The van der Waals surface area contributed by atoms with E-state index in [0.29, 0.717) is 5.02 Å². The van der Waals surface area contributed by atoms with Gasteiger partial charge in [-0.2, -0.15) is 0 Å². The third kappa shape index (κ3) is 3.32. The molecule has 3 N–H and O–H groups in total. The lowest BCUT2D eigenvalue weighted by Crippen LogP contribution is -2.28. The van der Waals surface area contributed by atoms with Crippen molar-refractivity contribution in [3.63, 3.8) is 0 Å². The summed E-state index contributed by atoms with van der Waals surface area (Å²) in [6, 6.07) is 13.3. The van der Waals surface area contributed by atoms with E-state index < -0.39 is 6.10 Å². The van der Waals surface area contributed by atoms with Crippen LogP contribution in [0.2, 0.25) is 5.02 Å². The van der Waals surface area contributed by atoms with E-state index in [2.05, 4.69) is 0 Å². The second-order valence-corrected chi connectivity index (χ2v) is 4.82. The molecule has 0 saturated carbocycles. The molecule has 2 nitrogen and oxygen atoms in total. The SMILES string of the molecule is NC[C@H](O)[C@@H](c1ccc(F)cc1)c1ccc(Cl)cc1. The zero-order chi connectivity index (χ0) is 13.8. The topological polar surface area (TPSA) is 46.2 Å². The molecule has 0 unspecified atom stereocenters. The Morgan fingerprint density at radius 2 is 1.47 bits per heavy atom. The van der Waals surface area contributed by atoms with E-state index in [9.17, 15) is 9.50 Å². The molecule has 4 heteroatoms. The standard InChI is InChI=1S/C15H15ClFNO/c16-12-5-1-10(2-6-12)15(14(19)9-18)11-3-7-13(17)8-4-11/h1-8,14-15,19H,9,18H2/t14-,15+/m0/s1. The third-order valence-corrected chi connectivity index (χ3v) is 3.34. The van der Waals surface area contributed by atoms with Gasteiger partial charge in [0, 0.05) is 17.5 Å². The van der Waals surface area contributed by atoms with Crippen LogP contribution in [0.3, 0.4) is 0 Å². The van der Waals surface area contributed by atoms with Crippen LogP contribution in [0.15, 0.2) is 48.5 Å². The Labute approximate surface area is 116 Å². The molecule has 2 aromatic carbocycles. The second kappa shape index (κ2) is 6.15. The summed E-state index contributed by atoms with van der Waals surface area (Å²) in [5.41, 5.74) is 7.28. The maximum Gasteiger partial charge on any atom is 0.123 e. The molecule has 0 bridgehead atoms. The van der Waals surface area contributed by atoms with Gasteiger partial charge in [0.1, 0.15) is 5.82 Å². The molecule has 2 aromatic rings. The minimum absolute atomic E-state index is 0.130. The fraction of sp³-hybridized carbons (Fsp3) is 0.200. The van der Waals surface area contributed by atoms with Crippen molar-refractivity contribution < 1.29 is 9.50 Å². The molecule has 0 aliphatic carbocycles. The minimum atomic E-state index is -0.730. The molecule has 0 aliphatic heterocycles. The van der Waals surface area contributed by atoms with Gasteiger partial charge in [-0.1, -0.05) is 35.9 Å². The average Bonchev–Trinajstić information content (AvgIpc) is 2.43. The van der Waals surface area contributed by atoms with Crippen molar-refractivity contribution >= 4 is 11.6 Å². The third-order valence-electron chi connectivity index (χ3n) is 3.08. The number of rotatable bonds is 4. The number of halogens is 2. The van der Waals surface area contributed by atoms with Crippen molar-refractivity contribution in [3.05, 3.63) is 70.5 Å². The zero-order valence-electron chi connectivity index (χ0n) is 10.3. The summed E-state index contributed by atoms with van der Waals surface area (Å²) >= 11 is 5.86. The van der Waals surface area contributed by atoms with Crippen molar-refractivity contribution in [3.8, 4) is 0 Å². The predicted octanol–water partition coefficient (Wildman–Crippen LogP) is 2.93. The molecular formula is C15H15ClFNO. The van der Waals surface area contributed by atoms with Gasteiger partial charge in [0.25, 0.3) is 0 Å². The summed E-state index contributed by atoms with van der Waals surface area (Å²) in [5.74, 6) is -0.594. The molecular weight excluding hydrogens is 265 g/mol. The monoisotopic (exact) mass is 279 g/mol. The van der Waals surface area contributed by atoms with Gasteiger partial charge < -0.3 is 10.8 Å². The van der Waals surface area contributed by atoms with Crippen LogP contribution in [0, 0.1) is 5.82 Å². The first kappa shape index (κ1) is 14.0. The minimum Gasteiger partial charge on any atom is -0.391 e. The number of aliphatic hydroxyl groups excluding tert-OH is 1. The Morgan fingerprint density at radius 3 is 1.95 bits per heavy atom. The smallest absolute Gasteiger partial charge is 0.123 e. The second-order valence-electron chi connectivity index (χ2n) is 4.38. The largest absolute Gasteiger partial charge is 0.391 e. The van der Waals surface area contributed by atoms with Gasteiger partial charge >= 0.3 is 0 Å². The number of aliphatic hydroxyl groups is 1. The Balaban J connectivity index is 2.41. The van der Waals surface area contributed by atoms with Gasteiger partial charge in [0.15, 0.2) is 0 Å². The Morgan fingerprint density at radius 1 is 1.00 bits per heavy atom. The summed E-state index contributed by atoms with van der Waals surface area (Å²) in [5, 5.41) is 10.7. The van der Waals surface area contributed by atoms with Gasteiger partial charge in [-0.15, -0.1) is 0 Å². The first-order valence-electron chi connectivity index (χ1n) is 6.01. The van der Waals surface area contributed by atoms with Crippen LogP contribution in [-0.4, -0.2) is 17.8 Å². The highest BCUT2D eigenvalue weighted by Crippen LogP contribution is 2.29. The normalized spacial score (nSPS) is 14.1. The maximum atomic E-state index is 13.0. The van der Waals surface area contributed by atoms with Crippen LogP contribution >= 0.6 is 11.6 Å². The van der Waals surface area contributed by atoms with Gasteiger partial charge in [0.2, 0.25) is 0 Å². The van der Waals surface area contributed by atoms with Crippen LogP contribution in [-0.2, 0) is 0 Å². The van der Waals surface area contributed by atoms with Gasteiger partial charge in [-0.25, -0.2) is 4.39 Å². The van der Waals surface area contributed by atoms with Crippen LogP contribution < -0.4 is 5.73 Å². The maximum absolute atomic E-state index is 13.0. The van der Waals surface area contributed by atoms with Gasteiger partial charge in [-0.3, -0.25) is 0 Å². The van der Waals surface area contributed by atoms with E-state index in [1.54, 1.807) is 24.3 Å². The van der Waals surface area contributed by atoms with Crippen LogP contribution in [0.5, 0.6) is 0 Å². The molecule has 19 heavy (non-hydrogen) atoms. The Bertz CT molecular complexity index is 481. The van der Waals surface area contributed by atoms with Gasteiger partial charge in [0.05, 0.1) is 6.10 Å². The summed E-state index contributed by atoms with van der Waals surface area (Å²) in [6.45, 7) is 0.130. The van der Waals surface area contributed by atoms with Crippen LogP contribution in [0.25, 0.3) is 0 Å². The Hall–Kier alpha value is -1.42. The van der Waals surface area contributed by atoms with Gasteiger partial charge in [-0.05, 0) is 35.4 Å². The van der Waals surface area contributed by atoms with Crippen molar-refractivity contribution in [2.75, 3.05) is 6.54 Å². The van der Waals surface area contributed by atoms with Crippen molar-refractivity contribution in [1.82, 2.24) is 0 Å². The van der Waals surface area contributed by atoms with Crippen LogP contribution in [0.1, 0.15) is 17.0 Å². The lowest BCUT2D eigenvalue weighted by atomic mass is 9.86. The fourth-order valence-electron chi connectivity index (χ4n) is 2.11. The van der Waals surface area contributed by atoms with E-state index in [1.165, 1.54) is 12.1 Å². The molecule has 2 atom stereocenters. The highest BCUT2D eigenvalue weighted by Gasteiger charge is 2.22. The zero-order valence-corrected chi connectivity index (χ0v) is 11.0. The molecule has 0 heterocycles. The number of nitrogens with two attached hydrogens (primary N) is 1. The molecule has 0 aromatic heterocycles. The van der Waals surface area contributed by atoms with Crippen molar-refractivity contribution in [2.45, 2.75) is 12.0 Å². The summed E-state index contributed by atoms with van der Waals surface area (Å²) < 4.78 is 13.0. The number of hydrogen-bond acceptors (Lipinski definition) is 2. The first-order chi connectivity index (χ1) is 9.11. The number of hydrogen-bond donors (Lipinski definition) is 2. The number of benzene rings is 2. The summed E-state index contributed by atoms with van der Waals surface area (Å²) in [6.07, 6.45) is -0.730. The predicted molar refractivity (Wildman–Crippen MR) is 74.8 cm³/mol. The van der Waals surface area contributed by atoms with E-state index >= 15 is 0 Å². The van der Waals surface area contributed by atoms with Crippen molar-refractivity contribution in [2.24, 2.45) is 5.73 Å². The molecule has 0 aliphatic rings. The average molecular weight is 280 g/mol. The summed E-state index contributed by atoms with van der Waals surface area (Å²) in [7, 11) is 0. The summed E-state index contributed by atoms with van der Waals surface area (Å²) in [4.78, 5) is 0. The van der Waals surface area contributed by atoms with E-state index in [-0.39, 0.29) is 18.3 Å². The van der Waals surface area contributed by atoms with E-state index in [4.69, 9.17) is 17.3 Å². The van der Waals surface area contributed by atoms with Crippen molar-refractivity contribution in [1.29, 1.82) is 0 Å². The first-order valence-corrected chi connectivity index (χ1v) is 6.38. The quantitative estimate of drug-likeness (QED) is 0.904. The molecule has 2 rings (SSSR count). The molecule has 0 radical (unpaired) electrons. The highest BCUT2D eigenvalue weighted by molar-refractivity contribution is 6.30. The van der Waals surface area contributed by atoms with Crippen LogP contribution in [0.4, 0.5) is 4.39 Å². The lowest BCUT2D eigenvalue weighted by Gasteiger charge is -2.23.